The van der Waals surface area contributed by atoms with Gasteiger partial charge in [-0.25, -0.2) is 0 Å². The standard InChI is InChI=1S/C9H16S/c1-2-8-3-4-9(5-8)6-10-7-9/h8H,2-7H2,1H3. The van der Waals surface area contributed by atoms with Gasteiger partial charge in [0.15, 0.2) is 0 Å². The van der Waals surface area contributed by atoms with Crippen LogP contribution in [0.1, 0.15) is 32.6 Å². The van der Waals surface area contributed by atoms with Crippen molar-refractivity contribution in [1.82, 2.24) is 0 Å². The lowest BCUT2D eigenvalue weighted by molar-refractivity contribution is 0.353. The minimum atomic E-state index is 0.853. The van der Waals surface area contributed by atoms with Crippen LogP contribution in [0.2, 0.25) is 0 Å². The molecule has 0 nitrogen and oxygen atoms in total. The lowest BCUT2D eigenvalue weighted by atomic mass is 9.88. The SMILES string of the molecule is CCC1CCC2(CSC2)C1. The molecular weight excluding hydrogens is 140 g/mol. The first kappa shape index (κ1) is 7.02. The van der Waals surface area contributed by atoms with Gasteiger partial charge in [0, 0.05) is 0 Å². The molecule has 1 unspecified atom stereocenters. The molecule has 0 aromatic heterocycles. The van der Waals surface area contributed by atoms with Crippen LogP contribution >= 0.6 is 11.8 Å². The molecule has 0 aromatic rings. The van der Waals surface area contributed by atoms with Crippen LogP contribution in [0.4, 0.5) is 0 Å². The highest BCUT2D eigenvalue weighted by atomic mass is 32.2. The van der Waals surface area contributed by atoms with Crippen molar-refractivity contribution in [2.45, 2.75) is 32.6 Å². The topological polar surface area (TPSA) is 0 Å². The van der Waals surface area contributed by atoms with Crippen molar-refractivity contribution in [2.75, 3.05) is 11.5 Å². The van der Waals surface area contributed by atoms with E-state index < -0.39 is 0 Å². The summed E-state index contributed by atoms with van der Waals surface area (Å²) in [6.07, 6.45) is 6.04. The molecule has 2 rings (SSSR count). The third-order valence-corrected chi connectivity index (χ3v) is 4.83. The Labute approximate surface area is 67.8 Å². The predicted octanol–water partition coefficient (Wildman–Crippen LogP) is 2.93. The molecule has 0 N–H and O–H groups in total. The normalized spacial score (nSPS) is 36.3. The molecule has 1 aliphatic heterocycles. The van der Waals surface area contributed by atoms with E-state index in [0.29, 0.717) is 0 Å². The van der Waals surface area contributed by atoms with E-state index >= 15 is 0 Å². The monoisotopic (exact) mass is 156 g/mol. The number of hydrogen-bond donors (Lipinski definition) is 0. The number of rotatable bonds is 1. The van der Waals surface area contributed by atoms with E-state index in [9.17, 15) is 0 Å². The Bertz CT molecular complexity index is 127. The summed E-state index contributed by atoms with van der Waals surface area (Å²) in [4.78, 5) is 0. The Morgan fingerprint density at radius 1 is 1.50 bits per heavy atom. The summed E-state index contributed by atoms with van der Waals surface area (Å²) in [5.41, 5.74) is 0.853. The van der Waals surface area contributed by atoms with Crippen LogP contribution in [0.5, 0.6) is 0 Å². The predicted molar refractivity (Wildman–Crippen MR) is 47.4 cm³/mol. The zero-order chi connectivity index (χ0) is 7.03. The van der Waals surface area contributed by atoms with Gasteiger partial charge in [-0.3, -0.25) is 0 Å². The first-order valence-corrected chi connectivity index (χ1v) is 5.58. The third kappa shape index (κ3) is 0.990. The Hall–Kier alpha value is 0.350. The molecule has 1 atom stereocenters. The molecule has 2 aliphatic rings. The molecule has 1 saturated carbocycles. The second-order valence-electron chi connectivity index (χ2n) is 4.01. The first-order valence-electron chi connectivity index (χ1n) is 4.42. The van der Waals surface area contributed by atoms with Gasteiger partial charge >= 0.3 is 0 Å². The molecular formula is C9H16S. The molecule has 58 valence electrons. The summed E-state index contributed by atoms with van der Waals surface area (Å²) in [7, 11) is 0. The number of hydrogen-bond acceptors (Lipinski definition) is 1. The second kappa shape index (κ2) is 2.44. The zero-order valence-corrected chi connectivity index (χ0v) is 7.54. The Balaban J connectivity index is 1.92. The molecule has 1 heteroatoms. The van der Waals surface area contributed by atoms with Crippen LogP contribution in [0.15, 0.2) is 0 Å². The average Bonchev–Trinajstić information content (AvgIpc) is 2.29. The van der Waals surface area contributed by atoms with Crippen molar-refractivity contribution in [2.24, 2.45) is 11.3 Å². The Morgan fingerprint density at radius 3 is 2.60 bits per heavy atom. The van der Waals surface area contributed by atoms with Crippen LogP contribution in [0, 0.1) is 11.3 Å². The van der Waals surface area contributed by atoms with Crippen molar-refractivity contribution in [1.29, 1.82) is 0 Å². The second-order valence-corrected chi connectivity index (χ2v) is 5.00. The van der Waals surface area contributed by atoms with Crippen LogP contribution in [0.25, 0.3) is 0 Å². The molecule has 10 heavy (non-hydrogen) atoms. The summed E-state index contributed by atoms with van der Waals surface area (Å²) in [5.74, 6) is 4.04. The van der Waals surface area contributed by atoms with Gasteiger partial charge in [0.1, 0.15) is 0 Å². The van der Waals surface area contributed by atoms with Crippen molar-refractivity contribution in [3.63, 3.8) is 0 Å². The molecule has 2 fully saturated rings. The van der Waals surface area contributed by atoms with E-state index in [1.807, 2.05) is 0 Å². The molecule has 1 spiro atoms. The smallest absolute Gasteiger partial charge is 0.000259 e. The highest BCUT2D eigenvalue weighted by Crippen LogP contribution is 2.52. The maximum atomic E-state index is 2.34. The van der Waals surface area contributed by atoms with Crippen molar-refractivity contribution >= 4 is 11.8 Å². The van der Waals surface area contributed by atoms with Crippen LogP contribution in [0.3, 0.4) is 0 Å². The maximum Gasteiger partial charge on any atom is -0.000259 e. The maximum absolute atomic E-state index is 2.34. The molecule has 1 heterocycles. The summed E-state index contributed by atoms with van der Waals surface area (Å²) in [5, 5.41) is 0. The quantitative estimate of drug-likeness (QED) is 0.562. The molecule has 1 saturated heterocycles. The van der Waals surface area contributed by atoms with Gasteiger partial charge in [-0.2, -0.15) is 11.8 Å². The lowest BCUT2D eigenvalue weighted by Gasteiger charge is -2.37. The van der Waals surface area contributed by atoms with Gasteiger partial charge in [0.05, 0.1) is 0 Å². The first-order chi connectivity index (χ1) is 4.85. The third-order valence-electron chi connectivity index (χ3n) is 3.20. The van der Waals surface area contributed by atoms with Gasteiger partial charge in [-0.05, 0) is 42.1 Å². The van der Waals surface area contributed by atoms with Crippen molar-refractivity contribution < 1.29 is 0 Å². The highest BCUT2D eigenvalue weighted by molar-refractivity contribution is 8.00. The molecule has 0 radical (unpaired) electrons. The van der Waals surface area contributed by atoms with E-state index in [-0.39, 0.29) is 0 Å². The van der Waals surface area contributed by atoms with E-state index in [4.69, 9.17) is 0 Å². The summed E-state index contributed by atoms with van der Waals surface area (Å²) in [6, 6.07) is 0. The summed E-state index contributed by atoms with van der Waals surface area (Å²) >= 11 is 2.15. The Kier molecular flexibility index (Phi) is 1.71. The van der Waals surface area contributed by atoms with Gasteiger partial charge < -0.3 is 0 Å². The van der Waals surface area contributed by atoms with Crippen LogP contribution in [-0.4, -0.2) is 11.5 Å². The zero-order valence-electron chi connectivity index (χ0n) is 6.73. The fourth-order valence-electron chi connectivity index (χ4n) is 2.33. The summed E-state index contributed by atoms with van der Waals surface area (Å²) < 4.78 is 0. The lowest BCUT2D eigenvalue weighted by Crippen LogP contribution is -2.32. The van der Waals surface area contributed by atoms with E-state index in [1.54, 1.807) is 12.8 Å². The highest BCUT2D eigenvalue weighted by Gasteiger charge is 2.43. The fourth-order valence-corrected chi connectivity index (χ4v) is 3.63. The van der Waals surface area contributed by atoms with Gasteiger partial charge in [0.25, 0.3) is 0 Å². The molecule has 0 aromatic carbocycles. The van der Waals surface area contributed by atoms with Crippen LogP contribution in [-0.2, 0) is 0 Å². The van der Waals surface area contributed by atoms with Crippen molar-refractivity contribution in [3.05, 3.63) is 0 Å². The van der Waals surface area contributed by atoms with E-state index in [0.717, 1.165) is 11.3 Å². The molecule has 0 bridgehead atoms. The van der Waals surface area contributed by atoms with Gasteiger partial charge in [0.2, 0.25) is 0 Å². The van der Waals surface area contributed by atoms with Crippen LogP contribution < -0.4 is 0 Å². The van der Waals surface area contributed by atoms with Gasteiger partial charge in [-0.1, -0.05) is 13.3 Å². The minimum absolute atomic E-state index is 0.853. The summed E-state index contributed by atoms with van der Waals surface area (Å²) in [6.45, 7) is 2.34. The average molecular weight is 156 g/mol. The van der Waals surface area contributed by atoms with Crippen molar-refractivity contribution in [3.8, 4) is 0 Å². The fraction of sp³-hybridized carbons (Fsp3) is 1.00. The minimum Gasteiger partial charge on any atom is -0.161 e. The van der Waals surface area contributed by atoms with E-state index in [2.05, 4.69) is 18.7 Å². The largest absolute Gasteiger partial charge is 0.161 e. The number of thioether (sulfide) groups is 1. The Morgan fingerprint density at radius 2 is 2.30 bits per heavy atom. The molecule has 1 aliphatic carbocycles. The molecule has 0 amide bonds. The van der Waals surface area contributed by atoms with Gasteiger partial charge in [-0.15, -0.1) is 0 Å². The van der Waals surface area contributed by atoms with E-state index in [1.165, 1.54) is 24.3 Å².